The third kappa shape index (κ3) is 2.28. The van der Waals surface area contributed by atoms with E-state index in [4.69, 9.17) is 16.3 Å². The van der Waals surface area contributed by atoms with Crippen molar-refractivity contribution in [2.75, 3.05) is 6.61 Å². The van der Waals surface area contributed by atoms with Crippen molar-refractivity contribution in [2.45, 2.75) is 18.9 Å². The summed E-state index contributed by atoms with van der Waals surface area (Å²) in [5.41, 5.74) is 1.07. The van der Waals surface area contributed by atoms with E-state index in [9.17, 15) is 9.90 Å². The van der Waals surface area contributed by atoms with Gasteiger partial charge in [-0.3, -0.25) is 0 Å². The number of hydrogen-bond donors (Lipinski definition) is 1. The molecule has 0 bridgehead atoms. The quantitative estimate of drug-likeness (QED) is 0.940. The summed E-state index contributed by atoms with van der Waals surface area (Å²) in [6, 6.07) is 7.02. The van der Waals surface area contributed by atoms with Gasteiger partial charge in [0.1, 0.15) is 11.8 Å². The Morgan fingerprint density at radius 2 is 2.35 bits per heavy atom. The number of hydrogen-bond acceptors (Lipinski definition) is 4. The average Bonchev–Trinajstić information content (AvgIpc) is 3.07. The number of aromatic carboxylic acids is 1. The summed E-state index contributed by atoms with van der Waals surface area (Å²) < 4.78 is 7.07. The van der Waals surface area contributed by atoms with Crippen molar-refractivity contribution in [2.24, 2.45) is 0 Å². The predicted molar refractivity (Wildman–Crippen MR) is 71.3 cm³/mol. The van der Waals surface area contributed by atoms with E-state index in [2.05, 4.69) is 10.3 Å². The Morgan fingerprint density at radius 1 is 1.50 bits per heavy atom. The summed E-state index contributed by atoms with van der Waals surface area (Å²) in [4.78, 5) is 11.3. The van der Waals surface area contributed by atoms with Crippen LogP contribution in [0.15, 0.2) is 24.3 Å². The third-order valence-electron chi connectivity index (χ3n) is 3.19. The van der Waals surface area contributed by atoms with Gasteiger partial charge in [-0.1, -0.05) is 22.9 Å². The summed E-state index contributed by atoms with van der Waals surface area (Å²) in [7, 11) is 0. The fourth-order valence-corrected chi connectivity index (χ4v) is 2.51. The highest BCUT2D eigenvalue weighted by atomic mass is 35.5. The number of carboxylic acid groups (broad SMARTS) is 1. The van der Waals surface area contributed by atoms with Crippen molar-refractivity contribution in [3.05, 3.63) is 40.7 Å². The van der Waals surface area contributed by atoms with Crippen LogP contribution in [0.3, 0.4) is 0 Å². The lowest BCUT2D eigenvalue weighted by molar-refractivity contribution is 0.0673. The highest BCUT2D eigenvalue weighted by Gasteiger charge is 2.30. The molecule has 0 spiro atoms. The molecule has 1 N–H and O–H groups in total. The first kappa shape index (κ1) is 13.1. The zero-order valence-electron chi connectivity index (χ0n) is 10.5. The third-order valence-corrected chi connectivity index (χ3v) is 3.43. The molecule has 0 aliphatic carbocycles. The van der Waals surface area contributed by atoms with Gasteiger partial charge in [0.2, 0.25) is 0 Å². The van der Waals surface area contributed by atoms with Crippen molar-refractivity contribution < 1.29 is 14.6 Å². The van der Waals surface area contributed by atoms with Crippen molar-refractivity contribution in [3.8, 4) is 5.69 Å². The highest BCUT2D eigenvalue weighted by molar-refractivity contribution is 6.30. The van der Waals surface area contributed by atoms with E-state index in [1.54, 1.807) is 24.3 Å². The lowest BCUT2D eigenvalue weighted by Gasteiger charge is -2.12. The fourth-order valence-electron chi connectivity index (χ4n) is 2.32. The number of aromatic nitrogens is 3. The molecule has 1 aliphatic heterocycles. The molecular weight excluding hydrogens is 282 g/mol. The molecule has 0 radical (unpaired) electrons. The maximum atomic E-state index is 11.3. The number of nitrogens with zero attached hydrogens (tertiary/aromatic N) is 3. The Balaban J connectivity index is 2.13. The molecule has 2 aromatic rings. The topological polar surface area (TPSA) is 77.2 Å². The van der Waals surface area contributed by atoms with Crippen LogP contribution < -0.4 is 0 Å². The van der Waals surface area contributed by atoms with Gasteiger partial charge in [0.15, 0.2) is 5.69 Å². The summed E-state index contributed by atoms with van der Waals surface area (Å²) in [5, 5.41) is 17.5. The number of ether oxygens (including phenoxy) is 1. The number of benzene rings is 1. The van der Waals surface area contributed by atoms with Gasteiger partial charge in [-0.15, -0.1) is 5.10 Å². The van der Waals surface area contributed by atoms with E-state index in [0.29, 0.717) is 23.0 Å². The smallest absolute Gasteiger partial charge is 0.358 e. The van der Waals surface area contributed by atoms with Gasteiger partial charge in [0.05, 0.1) is 5.69 Å². The Hall–Kier alpha value is -1.92. The molecule has 1 atom stereocenters. The van der Waals surface area contributed by atoms with E-state index in [1.807, 2.05) is 0 Å². The largest absolute Gasteiger partial charge is 0.476 e. The first-order valence-corrected chi connectivity index (χ1v) is 6.61. The van der Waals surface area contributed by atoms with Crippen LogP contribution in [0.5, 0.6) is 0 Å². The molecule has 1 saturated heterocycles. The van der Waals surface area contributed by atoms with Gasteiger partial charge in [-0.05, 0) is 31.0 Å². The van der Waals surface area contributed by atoms with Crippen molar-refractivity contribution in [1.29, 1.82) is 0 Å². The molecule has 3 rings (SSSR count). The molecule has 2 heterocycles. The van der Waals surface area contributed by atoms with E-state index < -0.39 is 5.97 Å². The van der Waals surface area contributed by atoms with Gasteiger partial charge in [-0.2, -0.15) is 0 Å². The molecule has 1 unspecified atom stereocenters. The van der Waals surface area contributed by atoms with Crippen LogP contribution in [0.4, 0.5) is 0 Å². The standard InChI is InChI=1S/C13H12ClN3O3/c14-8-3-1-4-9(7-8)17-12(10-5-2-6-20-10)11(13(18)19)15-16-17/h1,3-4,7,10H,2,5-6H2,(H,18,19). The van der Waals surface area contributed by atoms with E-state index >= 15 is 0 Å². The highest BCUT2D eigenvalue weighted by Crippen LogP contribution is 2.31. The zero-order chi connectivity index (χ0) is 14.1. The van der Waals surface area contributed by atoms with Gasteiger partial charge in [0.25, 0.3) is 0 Å². The number of rotatable bonds is 3. The minimum Gasteiger partial charge on any atom is -0.476 e. The SMILES string of the molecule is O=C(O)c1nnn(-c2cccc(Cl)c2)c1C1CCCO1. The van der Waals surface area contributed by atoms with Crippen LogP contribution in [0.1, 0.15) is 35.1 Å². The lowest BCUT2D eigenvalue weighted by Crippen LogP contribution is -2.11. The Morgan fingerprint density at radius 3 is 3.00 bits per heavy atom. The van der Waals surface area contributed by atoms with Crippen molar-refractivity contribution in [3.63, 3.8) is 0 Å². The summed E-state index contributed by atoms with van der Waals surface area (Å²) in [5.74, 6) is -1.11. The summed E-state index contributed by atoms with van der Waals surface area (Å²) in [6.45, 7) is 0.616. The zero-order valence-corrected chi connectivity index (χ0v) is 11.2. The minimum absolute atomic E-state index is 0.0723. The molecule has 20 heavy (non-hydrogen) atoms. The van der Waals surface area contributed by atoms with Gasteiger partial charge >= 0.3 is 5.97 Å². The van der Waals surface area contributed by atoms with Gasteiger partial charge in [0, 0.05) is 11.6 Å². The molecule has 1 aromatic heterocycles. The average molecular weight is 294 g/mol. The normalized spacial score (nSPS) is 18.4. The molecule has 104 valence electrons. The van der Waals surface area contributed by atoms with E-state index in [-0.39, 0.29) is 11.8 Å². The summed E-state index contributed by atoms with van der Waals surface area (Å²) in [6.07, 6.45) is 1.36. The second kappa shape index (κ2) is 5.22. The monoisotopic (exact) mass is 293 g/mol. The molecule has 1 fully saturated rings. The van der Waals surface area contributed by atoms with Crippen LogP contribution in [0, 0.1) is 0 Å². The maximum Gasteiger partial charge on any atom is 0.358 e. The van der Waals surface area contributed by atoms with Crippen LogP contribution in [-0.2, 0) is 4.74 Å². The second-order valence-electron chi connectivity index (χ2n) is 4.52. The Kier molecular flexibility index (Phi) is 3.42. The first-order chi connectivity index (χ1) is 9.66. The molecular formula is C13H12ClN3O3. The lowest BCUT2D eigenvalue weighted by atomic mass is 10.1. The van der Waals surface area contributed by atoms with Crippen LogP contribution in [0.25, 0.3) is 5.69 Å². The fraction of sp³-hybridized carbons (Fsp3) is 0.308. The Bertz CT molecular complexity index is 650. The molecule has 1 aliphatic rings. The van der Waals surface area contributed by atoms with Crippen molar-refractivity contribution >= 4 is 17.6 Å². The van der Waals surface area contributed by atoms with Crippen LogP contribution in [0.2, 0.25) is 5.02 Å². The van der Waals surface area contributed by atoms with E-state index in [0.717, 1.165) is 12.8 Å². The van der Waals surface area contributed by atoms with Gasteiger partial charge < -0.3 is 9.84 Å². The molecule has 6 nitrogen and oxygen atoms in total. The van der Waals surface area contributed by atoms with E-state index in [1.165, 1.54) is 4.68 Å². The number of carboxylic acids is 1. The number of carbonyl (C=O) groups is 1. The van der Waals surface area contributed by atoms with Crippen molar-refractivity contribution in [1.82, 2.24) is 15.0 Å². The number of halogens is 1. The first-order valence-electron chi connectivity index (χ1n) is 6.23. The predicted octanol–water partition coefficient (Wildman–Crippen LogP) is 2.47. The molecule has 1 aromatic carbocycles. The maximum absolute atomic E-state index is 11.3. The Labute approximate surface area is 119 Å². The minimum atomic E-state index is -1.11. The van der Waals surface area contributed by atoms with Gasteiger partial charge in [-0.25, -0.2) is 9.48 Å². The van der Waals surface area contributed by atoms with Crippen LogP contribution in [-0.4, -0.2) is 32.7 Å². The van der Waals surface area contributed by atoms with Crippen LogP contribution >= 0.6 is 11.6 Å². The molecule has 0 saturated carbocycles. The summed E-state index contributed by atoms with van der Waals surface area (Å²) >= 11 is 5.97. The molecule has 7 heteroatoms. The molecule has 0 amide bonds. The second-order valence-corrected chi connectivity index (χ2v) is 4.96.